The summed E-state index contributed by atoms with van der Waals surface area (Å²) in [5.74, 6) is 1.21. The zero-order chi connectivity index (χ0) is 24.2. The van der Waals surface area contributed by atoms with Crippen LogP contribution in [0, 0.1) is 6.92 Å². The second-order valence-electron chi connectivity index (χ2n) is 8.17. The van der Waals surface area contributed by atoms with Gasteiger partial charge in [0, 0.05) is 13.1 Å². The van der Waals surface area contributed by atoms with Gasteiger partial charge in [-0.2, -0.15) is 0 Å². The van der Waals surface area contributed by atoms with Crippen LogP contribution in [-0.4, -0.2) is 47.5 Å². The predicted octanol–water partition coefficient (Wildman–Crippen LogP) is 4.63. The Balaban J connectivity index is 1.61. The van der Waals surface area contributed by atoms with Gasteiger partial charge in [-0.25, -0.2) is 4.99 Å². The van der Waals surface area contributed by atoms with E-state index in [0.29, 0.717) is 41.1 Å². The Bertz CT molecular complexity index is 1190. The minimum Gasteiger partial charge on any atom is -0.454 e. The van der Waals surface area contributed by atoms with Crippen molar-refractivity contribution in [1.29, 1.82) is 0 Å². The Morgan fingerprint density at radius 2 is 1.94 bits per heavy atom. The third-order valence-corrected chi connectivity index (χ3v) is 6.27. The van der Waals surface area contributed by atoms with Crippen LogP contribution in [-0.2, 0) is 9.59 Å². The number of likely N-dealkylation sites (N-methyl/N-ethyl adjacent to an activating group) is 1. The monoisotopic (exact) mass is 477 g/mol. The van der Waals surface area contributed by atoms with Crippen molar-refractivity contribution < 1.29 is 19.1 Å². The largest absolute Gasteiger partial charge is 0.454 e. The minimum atomic E-state index is -0.245. The van der Waals surface area contributed by atoms with Gasteiger partial charge < -0.3 is 14.4 Å². The number of anilines is 1. The molecule has 0 aliphatic carbocycles. The molecule has 0 saturated carbocycles. The highest BCUT2D eigenvalue weighted by molar-refractivity contribution is 8.14. The maximum Gasteiger partial charge on any atom is 0.283 e. The van der Waals surface area contributed by atoms with E-state index in [4.69, 9.17) is 9.47 Å². The van der Waals surface area contributed by atoms with Crippen molar-refractivity contribution in [2.45, 2.75) is 20.8 Å². The number of thioether (sulfide) groups is 1. The Morgan fingerprint density at radius 3 is 2.65 bits per heavy atom. The lowest BCUT2D eigenvalue weighted by molar-refractivity contribution is -0.127. The molecule has 2 heterocycles. The summed E-state index contributed by atoms with van der Waals surface area (Å²) in [6.45, 7) is 11.0. The summed E-state index contributed by atoms with van der Waals surface area (Å²) in [5, 5.41) is 0.473. The molecule has 0 spiro atoms. The quantitative estimate of drug-likeness (QED) is 0.430. The number of carbonyl (C=O) groups is 2. The molecule has 8 heteroatoms. The lowest BCUT2D eigenvalue weighted by Crippen LogP contribution is -2.35. The second-order valence-corrected chi connectivity index (χ2v) is 9.11. The molecule has 2 aliphatic rings. The summed E-state index contributed by atoms with van der Waals surface area (Å²) in [5.41, 5.74) is 3.79. The first-order valence-corrected chi connectivity index (χ1v) is 12.0. The van der Waals surface area contributed by atoms with Gasteiger partial charge in [0.05, 0.1) is 11.4 Å². The SMILES string of the molecule is C=C(C)CN(CC)C(=O)CSC1=NC(=Cc2ccc3c(c2)OCO3)C(=O)N1c1ccc(C)cc1. The van der Waals surface area contributed by atoms with Crippen LogP contribution in [0.5, 0.6) is 11.5 Å². The Morgan fingerprint density at radius 1 is 1.21 bits per heavy atom. The molecule has 0 radical (unpaired) electrons. The first kappa shape index (κ1) is 23.6. The number of ether oxygens (including phenoxy) is 2. The zero-order valence-electron chi connectivity index (χ0n) is 19.5. The van der Waals surface area contributed by atoms with Crippen LogP contribution in [0.2, 0.25) is 0 Å². The van der Waals surface area contributed by atoms with Crippen molar-refractivity contribution in [1.82, 2.24) is 4.90 Å². The molecule has 0 bridgehead atoms. The Kier molecular flexibility index (Phi) is 7.07. The summed E-state index contributed by atoms with van der Waals surface area (Å²) < 4.78 is 10.8. The van der Waals surface area contributed by atoms with Gasteiger partial charge in [0.2, 0.25) is 12.7 Å². The maximum atomic E-state index is 13.4. The van der Waals surface area contributed by atoms with Gasteiger partial charge >= 0.3 is 0 Å². The van der Waals surface area contributed by atoms with Crippen molar-refractivity contribution >= 4 is 40.5 Å². The van der Waals surface area contributed by atoms with Crippen LogP contribution in [0.25, 0.3) is 6.08 Å². The highest BCUT2D eigenvalue weighted by Crippen LogP contribution is 2.34. The molecule has 0 aromatic heterocycles. The molecule has 0 fully saturated rings. The van der Waals surface area contributed by atoms with E-state index in [1.54, 1.807) is 15.9 Å². The predicted molar refractivity (Wildman–Crippen MR) is 136 cm³/mol. The molecular weight excluding hydrogens is 450 g/mol. The smallest absolute Gasteiger partial charge is 0.283 e. The standard InChI is InChI=1S/C26H27N3O4S/c1-5-28(14-17(2)3)24(30)15-34-26-27-21(12-19-8-11-22-23(13-19)33-16-32-22)25(31)29(26)20-9-6-18(4)7-10-20/h6-13H,2,5,14-16H2,1,3-4H3. The van der Waals surface area contributed by atoms with E-state index in [1.165, 1.54) is 11.8 Å². The molecule has 0 unspecified atom stereocenters. The van der Waals surface area contributed by atoms with Crippen LogP contribution >= 0.6 is 11.8 Å². The number of aliphatic imine (C=N–C) groups is 1. The van der Waals surface area contributed by atoms with Crippen LogP contribution in [0.1, 0.15) is 25.0 Å². The fourth-order valence-corrected chi connectivity index (χ4v) is 4.51. The molecule has 176 valence electrons. The van der Waals surface area contributed by atoms with Gasteiger partial charge in [0.15, 0.2) is 16.7 Å². The molecule has 0 saturated heterocycles. The minimum absolute atomic E-state index is 0.0253. The highest BCUT2D eigenvalue weighted by atomic mass is 32.2. The van der Waals surface area contributed by atoms with Gasteiger partial charge in [-0.05, 0) is 56.7 Å². The average Bonchev–Trinajstić information content (AvgIpc) is 3.40. The number of amidine groups is 1. The molecule has 2 aromatic rings. The second kappa shape index (κ2) is 10.2. The van der Waals surface area contributed by atoms with E-state index >= 15 is 0 Å². The third-order valence-electron chi connectivity index (χ3n) is 5.34. The summed E-state index contributed by atoms with van der Waals surface area (Å²) in [7, 11) is 0. The van der Waals surface area contributed by atoms with E-state index in [-0.39, 0.29) is 24.4 Å². The van der Waals surface area contributed by atoms with Crippen molar-refractivity contribution in [3.8, 4) is 11.5 Å². The topological polar surface area (TPSA) is 71.4 Å². The number of hydrogen-bond acceptors (Lipinski definition) is 6. The zero-order valence-corrected chi connectivity index (χ0v) is 20.4. The van der Waals surface area contributed by atoms with E-state index in [9.17, 15) is 9.59 Å². The number of rotatable bonds is 7. The number of carbonyl (C=O) groups excluding carboxylic acids is 2. The van der Waals surface area contributed by atoms with Gasteiger partial charge in [-0.3, -0.25) is 14.5 Å². The van der Waals surface area contributed by atoms with Crippen LogP contribution in [0.3, 0.4) is 0 Å². The highest BCUT2D eigenvalue weighted by Gasteiger charge is 2.32. The van der Waals surface area contributed by atoms with Crippen LogP contribution < -0.4 is 14.4 Å². The molecule has 0 N–H and O–H groups in total. The van der Waals surface area contributed by atoms with Gasteiger partial charge in [0.25, 0.3) is 5.91 Å². The first-order valence-electron chi connectivity index (χ1n) is 11.0. The molecule has 2 aromatic carbocycles. The number of nitrogens with zero attached hydrogens (tertiary/aromatic N) is 3. The molecule has 7 nitrogen and oxygen atoms in total. The van der Waals surface area contributed by atoms with Crippen molar-refractivity contribution in [3.63, 3.8) is 0 Å². The number of aryl methyl sites for hydroxylation is 1. The normalized spacial score (nSPS) is 15.6. The number of hydrogen-bond donors (Lipinski definition) is 0. The van der Waals surface area contributed by atoms with E-state index in [1.807, 2.05) is 63.2 Å². The molecule has 0 atom stereocenters. The van der Waals surface area contributed by atoms with Gasteiger partial charge in [-0.1, -0.05) is 47.7 Å². The van der Waals surface area contributed by atoms with Crippen molar-refractivity contribution in [3.05, 3.63) is 71.4 Å². The molecular formula is C26H27N3O4S. The average molecular weight is 478 g/mol. The maximum absolute atomic E-state index is 13.4. The lowest BCUT2D eigenvalue weighted by Gasteiger charge is -2.22. The molecule has 34 heavy (non-hydrogen) atoms. The van der Waals surface area contributed by atoms with Crippen LogP contribution in [0.15, 0.2) is 65.3 Å². The van der Waals surface area contributed by atoms with Crippen LogP contribution in [0.4, 0.5) is 5.69 Å². The first-order chi connectivity index (χ1) is 16.4. The Labute approximate surface area is 203 Å². The Hall–Kier alpha value is -3.52. The van der Waals surface area contributed by atoms with E-state index < -0.39 is 0 Å². The van der Waals surface area contributed by atoms with E-state index in [2.05, 4.69) is 11.6 Å². The molecule has 4 rings (SSSR count). The lowest BCUT2D eigenvalue weighted by atomic mass is 10.1. The number of benzene rings is 2. The molecule has 2 aliphatic heterocycles. The summed E-state index contributed by atoms with van der Waals surface area (Å²) in [4.78, 5) is 34.1. The molecule has 2 amide bonds. The van der Waals surface area contributed by atoms with Gasteiger partial charge in [0.1, 0.15) is 5.70 Å². The fraction of sp³-hybridized carbons (Fsp3) is 0.269. The van der Waals surface area contributed by atoms with E-state index in [0.717, 1.165) is 16.7 Å². The third kappa shape index (κ3) is 5.17. The fourth-order valence-electron chi connectivity index (χ4n) is 3.60. The number of amides is 2. The van der Waals surface area contributed by atoms with Gasteiger partial charge in [-0.15, -0.1) is 0 Å². The van der Waals surface area contributed by atoms with Crippen molar-refractivity contribution in [2.75, 3.05) is 30.5 Å². The number of fused-ring (bicyclic) bond motifs is 1. The summed E-state index contributed by atoms with van der Waals surface area (Å²) in [6, 6.07) is 13.1. The summed E-state index contributed by atoms with van der Waals surface area (Å²) in [6.07, 6.45) is 1.72. The summed E-state index contributed by atoms with van der Waals surface area (Å²) >= 11 is 1.26. The van der Waals surface area contributed by atoms with Crippen molar-refractivity contribution in [2.24, 2.45) is 4.99 Å².